The van der Waals surface area contributed by atoms with Gasteiger partial charge in [-0.15, -0.1) is 23.7 Å². The molecule has 2 N–H and O–H groups in total. The van der Waals surface area contributed by atoms with E-state index in [2.05, 4.69) is 31.2 Å². The van der Waals surface area contributed by atoms with Gasteiger partial charge in [0.05, 0.1) is 0 Å². The lowest BCUT2D eigenvalue weighted by atomic mass is 9.95. The van der Waals surface area contributed by atoms with Crippen LogP contribution in [0.25, 0.3) is 0 Å². The largest absolute Gasteiger partial charge is 0.340 e. The van der Waals surface area contributed by atoms with Gasteiger partial charge in [-0.25, -0.2) is 0 Å². The van der Waals surface area contributed by atoms with Crippen LogP contribution in [0.2, 0.25) is 0 Å². The molecule has 0 radical (unpaired) electrons. The van der Waals surface area contributed by atoms with Crippen molar-refractivity contribution in [2.24, 2.45) is 5.73 Å². The monoisotopic (exact) mass is 364 g/mol. The number of hydrogen-bond acceptors (Lipinski definition) is 3. The summed E-state index contributed by atoms with van der Waals surface area (Å²) in [6.45, 7) is 3.55. The lowest BCUT2D eigenvalue weighted by Crippen LogP contribution is -2.32. The van der Waals surface area contributed by atoms with E-state index in [4.69, 9.17) is 5.73 Å². The molecular formula is C19H25ClN2OS. The van der Waals surface area contributed by atoms with Crippen molar-refractivity contribution in [3.8, 4) is 0 Å². The number of likely N-dealkylation sites (tertiary alicyclic amines) is 1. The summed E-state index contributed by atoms with van der Waals surface area (Å²) < 4.78 is 0. The van der Waals surface area contributed by atoms with E-state index in [9.17, 15) is 4.79 Å². The maximum Gasteiger partial charge on any atom is 0.222 e. The van der Waals surface area contributed by atoms with E-state index in [0.717, 1.165) is 19.4 Å². The third-order valence-electron chi connectivity index (χ3n) is 4.56. The zero-order valence-corrected chi connectivity index (χ0v) is 15.6. The highest BCUT2D eigenvalue weighted by molar-refractivity contribution is 7.11. The molecule has 2 aromatic rings. The second kappa shape index (κ2) is 8.65. The van der Waals surface area contributed by atoms with Crippen LogP contribution in [0.1, 0.15) is 34.1 Å². The van der Waals surface area contributed by atoms with Crippen LogP contribution in [0.15, 0.2) is 42.5 Å². The summed E-state index contributed by atoms with van der Waals surface area (Å²) in [5, 5.41) is 0. The third kappa shape index (κ3) is 4.59. The van der Waals surface area contributed by atoms with Crippen LogP contribution in [0, 0.1) is 6.92 Å². The summed E-state index contributed by atoms with van der Waals surface area (Å²) >= 11 is 1.82. The molecule has 1 aromatic carbocycles. The number of aryl methyl sites for hydroxylation is 2. The summed E-state index contributed by atoms with van der Waals surface area (Å²) in [7, 11) is 0. The van der Waals surface area contributed by atoms with Gasteiger partial charge in [-0.1, -0.05) is 30.3 Å². The molecule has 24 heavy (non-hydrogen) atoms. The lowest BCUT2D eigenvalue weighted by molar-refractivity contribution is -0.130. The lowest BCUT2D eigenvalue weighted by Gasteiger charge is -2.16. The summed E-state index contributed by atoms with van der Waals surface area (Å²) in [5.74, 6) is 0.507. The highest BCUT2D eigenvalue weighted by Gasteiger charge is 2.33. The van der Waals surface area contributed by atoms with Crippen molar-refractivity contribution in [3.05, 3.63) is 57.8 Å². The van der Waals surface area contributed by atoms with Crippen molar-refractivity contribution in [2.75, 3.05) is 13.1 Å². The summed E-state index contributed by atoms with van der Waals surface area (Å²) in [4.78, 5) is 17.1. The molecule has 1 aliphatic rings. The molecule has 0 spiro atoms. The van der Waals surface area contributed by atoms with E-state index >= 15 is 0 Å². The molecule has 1 aliphatic heterocycles. The average Bonchev–Trinajstić information content (AvgIpc) is 3.14. The molecule has 1 aromatic heterocycles. The van der Waals surface area contributed by atoms with Crippen LogP contribution in [-0.2, 0) is 11.2 Å². The fourth-order valence-corrected chi connectivity index (χ4v) is 4.21. The quantitative estimate of drug-likeness (QED) is 0.878. The first kappa shape index (κ1) is 19.0. The van der Waals surface area contributed by atoms with Crippen molar-refractivity contribution in [1.29, 1.82) is 0 Å². The number of rotatable bonds is 5. The number of carbonyl (C=O) groups is 1. The van der Waals surface area contributed by atoms with Gasteiger partial charge in [0.25, 0.3) is 0 Å². The minimum atomic E-state index is 0. The van der Waals surface area contributed by atoms with Gasteiger partial charge in [-0.3, -0.25) is 4.79 Å². The van der Waals surface area contributed by atoms with E-state index < -0.39 is 0 Å². The number of nitrogens with zero attached hydrogens (tertiary/aromatic N) is 1. The summed E-state index contributed by atoms with van der Waals surface area (Å²) in [5.41, 5.74) is 7.51. The standard InChI is InChI=1S/C19H24N2OS.ClH/c1-14-10-11-16(23-14)8-5-9-19(22)21-12-17(18(20)13-21)15-6-3-2-4-7-15;/h2-4,6-7,10-11,17-18H,5,8-9,12-13,20H2,1H3;1H/t17-,18+;/m0./s1. The summed E-state index contributed by atoms with van der Waals surface area (Å²) in [6, 6.07) is 14.7. The Hall–Kier alpha value is -1.36. The van der Waals surface area contributed by atoms with Gasteiger partial charge in [0, 0.05) is 41.2 Å². The first-order valence-electron chi connectivity index (χ1n) is 8.27. The van der Waals surface area contributed by atoms with Crippen LogP contribution in [-0.4, -0.2) is 29.9 Å². The maximum atomic E-state index is 12.4. The molecule has 3 nitrogen and oxygen atoms in total. The molecule has 1 amide bonds. The van der Waals surface area contributed by atoms with Crippen LogP contribution in [0.4, 0.5) is 0 Å². The van der Waals surface area contributed by atoms with E-state index in [0.29, 0.717) is 13.0 Å². The fourth-order valence-electron chi connectivity index (χ4n) is 3.28. The normalized spacial score (nSPS) is 20.0. The van der Waals surface area contributed by atoms with Gasteiger partial charge in [0.1, 0.15) is 0 Å². The minimum Gasteiger partial charge on any atom is -0.340 e. The van der Waals surface area contributed by atoms with E-state index in [1.54, 1.807) is 0 Å². The topological polar surface area (TPSA) is 46.3 Å². The van der Waals surface area contributed by atoms with E-state index in [-0.39, 0.29) is 30.3 Å². The highest BCUT2D eigenvalue weighted by atomic mass is 35.5. The van der Waals surface area contributed by atoms with Gasteiger partial charge in [0.15, 0.2) is 0 Å². The molecule has 3 rings (SSSR count). The molecule has 1 saturated heterocycles. The van der Waals surface area contributed by atoms with Crippen molar-refractivity contribution in [2.45, 2.75) is 38.1 Å². The maximum absolute atomic E-state index is 12.4. The molecule has 2 atom stereocenters. The Morgan fingerprint density at radius 2 is 1.96 bits per heavy atom. The van der Waals surface area contributed by atoms with Crippen LogP contribution >= 0.6 is 23.7 Å². The van der Waals surface area contributed by atoms with Crippen molar-refractivity contribution < 1.29 is 4.79 Å². The third-order valence-corrected chi connectivity index (χ3v) is 5.62. The predicted molar refractivity (Wildman–Crippen MR) is 103 cm³/mol. The number of hydrogen-bond donors (Lipinski definition) is 1. The van der Waals surface area contributed by atoms with Crippen molar-refractivity contribution >= 4 is 29.7 Å². The second-order valence-corrected chi connectivity index (χ2v) is 7.72. The molecule has 0 unspecified atom stereocenters. The van der Waals surface area contributed by atoms with Gasteiger partial charge in [-0.05, 0) is 37.5 Å². The molecule has 0 bridgehead atoms. The molecule has 130 valence electrons. The number of benzene rings is 1. The molecule has 0 saturated carbocycles. The zero-order chi connectivity index (χ0) is 16.2. The van der Waals surface area contributed by atoms with Crippen molar-refractivity contribution in [3.63, 3.8) is 0 Å². The summed E-state index contributed by atoms with van der Waals surface area (Å²) in [6.07, 6.45) is 2.53. The smallest absolute Gasteiger partial charge is 0.222 e. The number of halogens is 1. The highest BCUT2D eigenvalue weighted by Crippen LogP contribution is 2.27. The Morgan fingerprint density at radius 3 is 2.62 bits per heavy atom. The molecule has 2 heterocycles. The van der Waals surface area contributed by atoms with Gasteiger partial charge < -0.3 is 10.6 Å². The number of thiophene rings is 1. The molecule has 1 fully saturated rings. The van der Waals surface area contributed by atoms with Crippen molar-refractivity contribution in [1.82, 2.24) is 4.90 Å². The van der Waals surface area contributed by atoms with Crippen LogP contribution in [0.3, 0.4) is 0 Å². The number of nitrogens with two attached hydrogens (primary N) is 1. The Kier molecular flexibility index (Phi) is 6.84. The molecular weight excluding hydrogens is 340 g/mol. The van der Waals surface area contributed by atoms with Crippen LogP contribution in [0.5, 0.6) is 0 Å². The fraction of sp³-hybridized carbons (Fsp3) is 0.421. The Bertz CT molecular complexity index is 658. The van der Waals surface area contributed by atoms with E-state index in [1.165, 1.54) is 15.3 Å². The SMILES string of the molecule is Cc1ccc(CCCC(=O)N2C[C@@H](N)[C@H](c3ccccc3)C2)s1.Cl. The molecule has 5 heteroatoms. The van der Waals surface area contributed by atoms with Gasteiger partial charge in [0.2, 0.25) is 5.91 Å². The Morgan fingerprint density at radius 1 is 1.21 bits per heavy atom. The van der Waals surface area contributed by atoms with Gasteiger partial charge >= 0.3 is 0 Å². The second-order valence-electron chi connectivity index (χ2n) is 6.35. The first-order chi connectivity index (χ1) is 11.1. The predicted octanol–water partition coefficient (Wildman–Crippen LogP) is 3.75. The number of carbonyl (C=O) groups excluding carboxylic acids is 1. The van der Waals surface area contributed by atoms with E-state index in [1.807, 2.05) is 34.4 Å². The zero-order valence-electron chi connectivity index (χ0n) is 14.0. The Balaban J connectivity index is 0.00000208. The molecule has 0 aliphatic carbocycles. The van der Waals surface area contributed by atoms with Gasteiger partial charge in [-0.2, -0.15) is 0 Å². The Labute approximate surface area is 154 Å². The average molecular weight is 365 g/mol. The first-order valence-corrected chi connectivity index (χ1v) is 9.09. The number of amides is 1. The minimum absolute atomic E-state index is 0. The van der Waals surface area contributed by atoms with Crippen LogP contribution < -0.4 is 5.73 Å².